The summed E-state index contributed by atoms with van der Waals surface area (Å²) in [6, 6.07) is 0. The second-order valence-electron chi connectivity index (χ2n) is 7.57. The number of carbonyl (C=O) groups excluding carboxylic acids is 3. The van der Waals surface area contributed by atoms with Crippen molar-refractivity contribution in [3.8, 4) is 0 Å². The fraction of sp³-hybridized carbons (Fsp3) is 0.625. The summed E-state index contributed by atoms with van der Waals surface area (Å²) in [5.74, 6) is -0.265. The molecular formula is C16H23N3O5S. The van der Waals surface area contributed by atoms with Crippen LogP contribution in [0.15, 0.2) is 0 Å². The maximum Gasteiger partial charge on any atom is 0.426 e. The summed E-state index contributed by atoms with van der Waals surface area (Å²) in [5.41, 5.74) is -1.04. The van der Waals surface area contributed by atoms with Crippen molar-refractivity contribution in [1.82, 2.24) is 10.3 Å². The Hall–Kier alpha value is -2.16. The third kappa shape index (κ3) is 4.91. The van der Waals surface area contributed by atoms with Crippen LogP contribution in [-0.4, -0.2) is 40.8 Å². The zero-order valence-corrected chi connectivity index (χ0v) is 16.1. The Bertz CT molecular complexity index is 672. The molecule has 2 rings (SSSR count). The summed E-state index contributed by atoms with van der Waals surface area (Å²) in [6.07, 6.45) is -1.25. The zero-order valence-electron chi connectivity index (χ0n) is 15.3. The zero-order chi connectivity index (χ0) is 19.0. The van der Waals surface area contributed by atoms with Gasteiger partial charge in [-0.25, -0.2) is 14.6 Å². The van der Waals surface area contributed by atoms with Gasteiger partial charge in [0, 0.05) is 13.0 Å². The van der Waals surface area contributed by atoms with Crippen LogP contribution in [0, 0.1) is 0 Å². The van der Waals surface area contributed by atoms with Crippen molar-refractivity contribution in [3.63, 3.8) is 0 Å². The van der Waals surface area contributed by atoms with Gasteiger partial charge in [0.05, 0.1) is 5.69 Å². The normalized spacial score (nSPS) is 14.4. The maximum absolute atomic E-state index is 12.5. The molecule has 0 saturated heterocycles. The third-order valence-corrected chi connectivity index (χ3v) is 3.96. The lowest BCUT2D eigenvalue weighted by molar-refractivity contribution is 0.0430. The first-order chi connectivity index (χ1) is 11.4. The van der Waals surface area contributed by atoms with Gasteiger partial charge in [0.25, 0.3) is 5.91 Å². The predicted molar refractivity (Wildman–Crippen MR) is 93.1 cm³/mol. The molecule has 2 heterocycles. The molecule has 0 bridgehead atoms. The summed E-state index contributed by atoms with van der Waals surface area (Å²) in [6.45, 7) is 10.6. The number of fused-ring (bicyclic) bond motifs is 1. The van der Waals surface area contributed by atoms with Gasteiger partial charge in [-0.2, -0.15) is 4.90 Å². The van der Waals surface area contributed by atoms with Crippen molar-refractivity contribution in [2.24, 2.45) is 0 Å². The van der Waals surface area contributed by atoms with E-state index in [2.05, 4.69) is 10.3 Å². The van der Waals surface area contributed by atoms with Gasteiger partial charge >= 0.3 is 12.2 Å². The van der Waals surface area contributed by atoms with Crippen LogP contribution in [0.2, 0.25) is 0 Å². The van der Waals surface area contributed by atoms with Crippen molar-refractivity contribution in [1.29, 1.82) is 0 Å². The van der Waals surface area contributed by atoms with E-state index in [-0.39, 0.29) is 11.0 Å². The maximum atomic E-state index is 12.5. The molecule has 0 fully saturated rings. The number of anilines is 1. The van der Waals surface area contributed by atoms with Crippen molar-refractivity contribution < 1.29 is 23.9 Å². The summed E-state index contributed by atoms with van der Waals surface area (Å²) < 4.78 is 10.6. The van der Waals surface area contributed by atoms with E-state index in [1.807, 2.05) is 0 Å². The van der Waals surface area contributed by atoms with Crippen LogP contribution < -0.4 is 10.2 Å². The largest absolute Gasteiger partial charge is 0.443 e. The number of rotatable bonds is 1. The molecule has 1 aromatic rings. The molecule has 0 saturated carbocycles. The average molecular weight is 369 g/mol. The SMILES string of the molecule is CC(C)(C)OC(=O)N(C(=O)OC(C)(C)C)c1nc2c(s1)C(=O)NCC2. The summed E-state index contributed by atoms with van der Waals surface area (Å²) in [7, 11) is 0. The molecule has 9 heteroatoms. The molecular weight excluding hydrogens is 346 g/mol. The van der Waals surface area contributed by atoms with Crippen molar-refractivity contribution in [2.75, 3.05) is 11.4 Å². The van der Waals surface area contributed by atoms with Crippen LogP contribution in [0.4, 0.5) is 14.7 Å². The number of imide groups is 1. The van der Waals surface area contributed by atoms with E-state index in [9.17, 15) is 14.4 Å². The molecule has 0 aromatic carbocycles. The van der Waals surface area contributed by atoms with E-state index in [0.717, 1.165) is 16.2 Å². The number of thiazole rings is 1. The summed E-state index contributed by atoms with van der Waals surface area (Å²) >= 11 is 0.961. The first-order valence-electron chi connectivity index (χ1n) is 7.91. The highest BCUT2D eigenvalue weighted by Gasteiger charge is 2.36. The van der Waals surface area contributed by atoms with Gasteiger partial charge in [-0.1, -0.05) is 11.3 Å². The molecule has 8 nitrogen and oxygen atoms in total. The Morgan fingerprint density at radius 1 is 1.08 bits per heavy atom. The molecule has 138 valence electrons. The fourth-order valence-electron chi connectivity index (χ4n) is 2.00. The van der Waals surface area contributed by atoms with E-state index in [0.29, 0.717) is 23.5 Å². The Balaban J connectivity index is 2.39. The first kappa shape index (κ1) is 19.2. The van der Waals surface area contributed by atoms with Gasteiger partial charge in [-0.3, -0.25) is 4.79 Å². The van der Waals surface area contributed by atoms with Gasteiger partial charge in [0.1, 0.15) is 16.1 Å². The number of aromatic nitrogens is 1. The fourth-order valence-corrected chi connectivity index (χ4v) is 3.01. The number of carbonyl (C=O) groups is 3. The van der Waals surface area contributed by atoms with Crippen LogP contribution in [0.5, 0.6) is 0 Å². The second-order valence-corrected chi connectivity index (χ2v) is 8.55. The molecule has 0 unspecified atom stereocenters. The molecule has 1 aliphatic rings. The average Bonchev–Trinajstić information content (AvgIpc) is 2.79. The lowest BCUT2D eigenvalue weighted by Crippen LogP contribution is -2.43. The smallest absolute Gasteiger partial charge is 0.426 e. The number of nitrogens with zero attached hydrogens (tertiary/aromatic N) is 2. The minimum atomic E-state index is -0.895. The lowest BCUT2D eigenvalue weighted by atomic mass is 10.2. The summed E-state index contributed by atoms with van der Waals surface area (Å²) in [4.78, 5) is 42.4. The molecule has 0 aliphatic carbocycles. The quantitative estimate of drug-likeness (QED) is 0.817. The molecule has 1 aliphatic heterocycles. The highest BCUT2D eigenvalue weighted by atomic mass is 32.1. The van der Waals surface area contributed by atoms with Crippen LogP contribution >= 0.6 is 11.3 Å². The van der Waals surface area contributed by atoms with Gasteiger partial charge in [-0.15, -0.1) is 0 Å². The van der Waals surface area contributed by atoms with E-state index in [1.165, 1.54) is 0 Å². The Kier molecular flexibility index (Phi) is 5.08. The summed E-state index contributed by atoms with van der Waals surface area (Å²) in [5, 5.41) is 2.77. The number of hydrogen-bond donors (Lipinski definition) is 1. The van der Waals surface area contributed by atoms with Crippen LogP contribution in [-0.2, 0) is 15.9 Å². The van der Waals surface area contributed by atoms with E-state index >= 15 is 0 Å². The molecule has 0 atom stereocenters. The topological polar surface area (TPSA) is 97.8 Å². The van der Waals surface area contributed by atoms with Crippen molar-refractivity contribution in [2.45, 2.75) is 59.2 Å². The van der Waals surface area contributed by atoms with Crippen molar-refractivity contribution >= 4 is 34.6 Å². The van der Waals surface area contributed by atoms with Crippen LogP contribution in [0.1, 0.15) is 56.9 Å². The minimum absolute atomic E-state index is 0.0607. The highest BCUT2D eigenvalue weighted by Crippen LogP contribution is 2.30. The Morgan fingerprint density at radius 3 is 2.04 bits per heavy atom. The lowest BCUT2D eigenvalue weighted by Gasteiger charge is -2.27. The van der Waals surface area contributed by atoms with Gasteiger partial charge in [0.15, 0.2) is 0 Å². The predicted octanol–water partition coefficient (Wildman–Crippen LogP) is 3.11. The standard InChI is InChI=1S/C16H23N3O5S/c1-15(2,3)23-13(21)19(14(22)24-16(4,5)6)12-18-9-7-8-17-11(20)10(9)25-12/h7-8H2,1-6H3,(H,17,20). The molecule has 1 N–H and O–H groups in total. The Morgan fingerprint density at radius 2 is 1.60 bits per heavy atom. The van der Waals surface area contributed by atoms with Crippen molar-refractivity contribution in [3.05, 3.63) is 10.6 Å². The monoisotopic (exact) mass is 369 g/mol. The number of hydrogen-bond acceptors (Lipinski definition) is 7. The highest BCUT2D eigenvalue weighted by molar-refractivity contribution is 7.18. The second kappa shape index (κ2) is 6.62. The molecule has 3 amide bonds. The first-order valence-corrected chi connectivity index (χ1v) is 8.73. The van der Waals surface area contributed by atoms with E-state index in [4.69, 9.17) is 9.47 Å². The Labute approximate surface area is 150 Å². The molecule has 1 aromatic heterocycles. The number of amides is 3. The number of ether oxygens (including phenoxy) is 2. The third-order valence-electron chi connectivity index (χ3n) is 2.88. The molecule has 0 radical (unpaired) electrons. The van der Waals surface area contributed by atoms with E-state index < -0.39 is 23.4 Å². The molecule has 0 spiro atoms. The number of nitrogens with one attached hydrogen (secondary N) is 1. The minimum Gasteiger partial charge on any atom is -0.443 e. The molecule has 25 heavy (non-hydrogen) atoms. The van der Waals surface area contributed by atoms with Gasteiger partial charge in [-0.05, 0) is 41.5 Å². The van der Waals surface area contributed by atoms with Gasteiger partial charge < -0.3 is 14.8 Å². The van der Waals surface area contributed by atoms with Gasteiger partial charge in [0.2, 0.25) is 5.13 Å². The van der Waals surface area contributed by atoms with Crippen LogP contribution in [0.25, 0.3) is 0 Å². The van der Waals surface area contributed by atoms with E-state index in [1.54, 1.807) is 41.5 Å². The van der Waals surface area contributed by atoms with Crippen LogP contribution in [0.3, 0.4) is 0 Å².